The lowest BCUT2D eigenvalue weighted by molar-refractivity contribution is 0.207. The Morgan fingerprint density at radius 2 is 2.36 bits per heavy atom. The molecule has 1 heterocycles. The molecule has 1 fully saturated rings. The fourth-order valence-electron chi connectivity index (χ4n) is 1.41. The third kappa shape index (κ3) is 3.19. The van der Waals surface area contributed by atoms with Crippen molar-refractivity contribution in [2.24, 2.45) is 0 Å². The predicted molar refractivity (Wildman–Crippen MR) is 50.8 cm³/mol. The Morgan fingerprint density at radius 1 is 1.55 bits per heavy atom. The summed E-state index contributed by atoms with van der Waals surface area (Å²) in [7, 11) is 0. The highest BCUT2D eigenvalue weighted by Crippen LogP contribution is 2.20. The average Bonchev–Trinajstić information content (AvgIpc) is 2.37. The molecule has 0 saturated carbocycles. The van der Waals surface area contributed by atoms with Crippen LogP contribution in [0.15, 0.2) is 0 Å². The Hall–Kier alpha value is -0.110. The molecule has 1 nitrogen and oxygen atoms in total. The second kappa shape index (κ2) is 4.70. The Morgan fingerprint density at radius 3 is 2.91 bits per heavy atom. The summed E-state index contributed by atoms with van der Waals surface area (Å²) >= 11 is 4.95. The average molecular weight is 172 g/mol. The fourth-order valence-corrected chi connectivity index (χ4v) is 1.66. The first-order valence-corrected chi connectivity index (χ1v) is 4.93. The summed E-state index contributed by atoms with van der Waals surface area (Å²) in [6, 6.07) is 0. The topological polar surface area (TPSA) is 9.23 Å². The van der Waals surface area contributed by atoms with Crippen LogP contribution >= 0.6 is 12.2 Å². The standard InChI is InChI=1S/C9H16OS/c1-2-3-4-5-8-6-7-9(11)10-8/h8H,2-7H2,1H3. The minimum Gasteiger partial charge on any atom is -0.484 e. The molecule has 0 N–H and O–H groups in total. The highest BCUT2D eigenvalue weighted by Gasteiger charge is 2.19. The molecule has 1 rings (SSSR count). The second-order valence-corrected chi connectivity index (χ2v) is 3.60. The van der Waals surface area contributed by atoms with Crippen molar-refractivity contribution in [3.05, 3.63) is 0 Å². The van der Waals surface area contributed by atoms with Crippen LogP contribution in [0, 0.1) is 0 Å². The van der Waals surface area contributed by atoms with Crippen molar-refractivity contribution in [1.82, 2.24) is 0 Å². The van der Waals surface area contributed by atoms with Crippen LogP contribution in [-0.2, 0) is 4.74 Å². The van der Waals surface area contributed by atoms with Crippen LogP contribution in [0.2, 0.25) is 0 Å². The molecule has 0 aromatic heterocycles. The lowest BCUT2D eigenvalue weighted by atomic mass is 10.1. The van der Waals surface area contributed by atoms with Crippen LogP contribution in [0.4, 0.5) is 0 Å². The maximum Gasteiger partial charge on any atom is 0.160 e. The van der Waals surface area contributed by atoms with Crippen LogP contribution in [0.1, 0.15) is 45.4 Å². The van der Waals surface area contributed by atoms with Crippen molar-refractivity contribution >= 4 is 17.3 Å². The van der Waals surface area contributed by atoms with E-state index in [1.54, 1.807) is 0 Å². The van der Waals surface area contributed by atoms with Gasteiger partial charge >= 0.3 is 0 Å². The quantitative estimate of drug-likeness (QED) is 0.476. The zero-order valence-electron chi connectivity index (χ0n) is 7.14. The van der Waals surface area contributed by atoms with Crippen molar-refractivity contribution in [3.8, 4) is 0 Å². The Balaban J connectivity index is 2.04. The molecule has 1 unspecified atom stereocenters. The van der Waals surface area contributed by atoms with Crippen LogP contribution in [0.25, 0.3) is 0 Å². The number of hydrogen-bond acceptors (Lipinski definition) is 2. The van der Waals surface area contributed by atoms with E-state index in [-0.39, 0.29) is 0 Å². The molecule has 1 aliphatic rings. The predicted octanol–water partition coefficient (Wildman–Crippen LogP) is 3.07. The van der Waals surface area contributed by atoms with Gasteiger partial charge in [0.15, 0.2) is 5.05 Å². The van der Waals surface area contributed by atoms with E-state index in [9.17, 15) is 0 Å². The summed E-state index contributed by atoms with van der Waals surface area (Å²) < 4.78 is 5.44. The van der Waals surface area contributed by atoms with Crippen LogP contribution in [0.5, 0.6) is 0 Å². The lowest BCUT2D eigenvalue weighted by Crippen LogP contribution is -2.05. The molecule has 1 atom stereocenters. The van der Waals surface area contributed by atoms with Gasteiger partial charge in [0.05, 0.1) is 6.10 Å². The maximum atomic E-state index is 5.44. The summed E-state index contributed by atoms with van der Waals surface area (Å²) in [6.45, 7) is 2.22. The van der Waals surface area contributed by atoms with Gasteiger partial charge in [-0.3, -0.25) is 0 Å². The monoisotopic (exact) mass is 172 g/mol. The van der Waals surface area contributed by atoms with Gasteiger partial charge in [-0.1, -0.05) is 19.8 Å². The van der Waals surface area contributed by atoms with E-state index >= 15 is 0 Å². The molecule has 11 heavy (non-hydrogen) atoms. The van der Waals surface area contributed by atoms with E-state index in [1.165, 1.54) is 25.7 Å². The minimum absolute atomic E-state index is 0.453. The van der Waals surface area contributed by atoms with Gasteiger partial charge in [0.2, 0.25) is 0 Å². The van der Waals surface area contributed by atoms with Crippen molar-refractivity contribution in [3.63, 3.8) is 0 Å². The van der Waals surface area contributed by atoms with Crippen molar-refractivity contribution in [2.45, 2.75) is 51.6 Å². The van der Waals surface area contributed by atoms with Gasteiger partial charge < -0.3 is 4.74 Å². The Kier molecular flexibility index (Phi) is 3.84. The first-order valence-electron chi connectivity index (χ1n) is 4.52. The van der Waals surface area contributed by atoms with Gasteiger partial charge in [-0.15, -0.1) is 0 Å². The van der Waals surface area contributed by atoms with Gasteiger partial charge in [0.1, 0.15) is 0 Å². The Labute approximate surface area is 74.1 Å². The SMILES string of the molecule is CCCCCC1CCC(=S)O1. The molecule has 0 spiro atoms. The van der Waals surface area contributed by atoms with E-state index < -0.39 is 0 Å². The lowest BCUT2D eigenvalue weighted by Gasteiger charge is -2.08. The summed E-state index contributed by atoms with van der Waals surface area (Å²) in [6.07, 6.45) is 7.73. The fraction of sp³-hybridized carbons (Fsp3) is 0.889. The van der Waals surface area contributed by atoms with Gasteiger partial charge in [-0.25, -0.2) is 0 Å². The van der Waals surface area contributed by atoms with Gasteiger partial charge in [-0.05, 0) is 31.5 Å². The molecule has 64 valence electrons. The minimum atomic E-state index is 0.453. The van der Waals surface area contributed by atoms with Gasteiger partial charge in [-0.2, -0.15) is 0 Å². The highest BCUT2D eigenvalue weighted by atomic mass is 32.1. The number of hydrogen-bond donors (Lipinski definition) is 0. The normalized spacial score (nSPS) is 23.7. The smallest absolute Gasteiger partial charge is 0.160 e. The summed E-state index contributed by atoms with van der Waals surface area (Å²) in [4.78, 5) is 0. The molecule has 1 aliphatic heterocycles. The van der Waals surface area contributed by atoms with Crippen molar-refractivity contribution < 1.29 is 4.74 Å². The molecular weight excluding hydrogens is 156 g/mol. The summed E-state index contributed by atoms with van der Waals surface area (Å²) in [5.41, 5.74) is 0. The molecule has 0 aliphatic carbocycles. The zero-order valence-corrected chi connectivity index (χ0v) is 7.95. The first-order chi connectivity index (χ1) is 5.33. The molecule has 0 aromatic carbocycles. The molecule has 1 saturated heterocycles. The van der Waals surface area contributed by atoms with E-state index in [2.05, 4.69) is 6.92 Å². The molecule has 0 radical (unpaired) electrons. The molecule has 0 bridgehead atoms. The first kappa shape index (κ1) is 8.98. The summed E-state index contributed by atoms with van der Waals surface area (Å²) in [5.74, 6) is 0. The number of unbranched alkanes of at least 4 members (excludes halogenated alkanes) is 2. The maximum absolute atomic E-state index is 5.44. The third-order valence-corrected chi connectivity index (χ3v) is 2.40. The number of ether oxygens (including phenoxy) is 1. The number of thiocarbonyl (C=S) groups is 1. The number of rotatable bonds is 4. The largest absolute Gasteiger partial charge is 0.484 e. The van der Waals surface area contributed by atoms with Crippen molar-refractivity contribution in [2.75, 3.05) is 0 Å². The molecule has 2 heteroatoms. The van der Waals surface area contributed by atoms with Gasteiger partial charge in [0.25, 0.3) is 0 Å². The molecule has 0 amide bonds. The molecular formula is C9H16OS. The van der Waals surface area contributed by atoms with Gasteiger partial charge in [0, 0.05) is 6.42 Å². The zero-order chi connectivity index (χ0) is 8.10. The second-order valence-electron chi connectivity index (χ2n) is 3.15. The van der Waals surface area contributed by atoms with E-state index in [0.29, 0.717) is 6.10 Å². The van der Waals surface area contributed by atoms with E-state index in [1.807, 2.05) is 0 Å². The highest BCUT2D eigenvalue weighted by molar-refractivity contribution is 7.80. The van der Waals surface area contributed by atoms with E-state index in [0.717, 1.165) is 17.9 Å². The molecule has 0 aromatic rings. The van der Waals surface area contributed by atoms with Crippen molar-refractivity contribution in [1.29, 1.82) is 0 Å². The van der Waals surface area contributed by atoms with Crippen LogP contribution < -0.4 is 0 Å². The van der Waals surface area contributed by atoms with Crippen LogP contribution in [-0.4, -0.2) is 11.2 Å². The Bertz CT molecular complexity index is 134. The summed E-state index contributed by atoms with van der Waals surface area (Å²) in [5, 5.41) is 0.825. The van der Waals surface area contributed by atoms with Crippen LogP contribution in [0.3, 0.4) is 0 Å². The third-order valence-electron chi connectivity index (χ3n) is 2.10. The van der Waals surface area contributed by atoms with E-state index in [4.69, 9.17) is 17.0 Å².